The second kappa shape index (κ2) is 5.09. The number of nitrogens with one attached hydrogen (secondary N) is 1. The number of benzene rings is 1. The van der Waals surface area contributed by atoms with Gasteiger partial charge in [0, 0.05) is 31.3 Å². The van der Waals surface area contributed by atoms with E-state index in [4.69, 9.17) is 4.74 Å². The zero-order valence-electron chi connectivity index (χ0n) is 14.8. The van der Waals surface area contributed by atoms with Gasteiger partial charge in [0.25, 0.3) is 0 Å². The van der Waals surface area contributed by atoms with Crippen molar-refractivity contribution in [2.45, 2.75) is 57.3 Å². The maximum absolute atomic E-state index is 6.74. The van der Waals surface area contributed by atoms with Crippen molar-refractivity contribution in [1.82, 2.24) is 9.88 Å². The highest BCUT2D eigenvalue weighted by molar-refractivity contribution is 5.79. The number of aromatic nitrogens is 1. The number of hydrogen-bond acceptors (Lipinski definition) is 2. The van der Waals surface area contributed by atoms with E-state index in [9.17, 15) is 0 Å². The summed E-state index contributed by atoms with van der Waals surface area (Å²) in [6, 6.07) is 8.99. The van der Waals surface area contributed by atoms with Gasteiger partial charge in [-0.2, -0.15) is 0 Å². The normalized spacial score (nSPS) is 35.2. The van der Waals surface area contributed by atoms with Crippen molar-refractivity contribution in [3.8, 4) is 0 Å². The quantitative estimate of drug-likeness (QED) is 0.890. The molecule has 5 rings (SSSR count). The monoisotopic (exact) mass is 324 g/mol. The van der Waals surface area contributed by atoms with Crippen LogP contribution in [-0.2, 0) is 11.3 Å². The van der Waals surface area contributed by atoms with Gasteiger partial charge in [-0.25, -0.2) is 0 Å². The molecule has 3 aliphatic rings. The van der Waals surface area contributed by atoms with Crippen LogP contribution in [0.25, 0.3) is 10.9 Å². The minimum Gasteiger partial charge on any atom is -0.366 e. The fourth-order valence-corrected chi connectivity index (χ4v) is 5.87. The van der Waals surface area contributed by atoms with Crippen molar-refractivity contribution in [2.75, 3.05) is 13.1 Å². The number of hydrogen-bond donors (Lipinski definition) is 1. The van der Waals surface area contributed by atoms with Crippen LogP contribution in [0.4, 0.5) is 0 Å². The molecule has 128 valence electrons. The Labute approximate surface area is 144 Å². The van der Waals surface area contributed by atoms with E-state index in [1.165, 1.54) is 42.1 Å². The Balaban J connectivity index is 1.40. The van der Waals surface area contributed by atoms with Crippen molar-refractivity contribution in [3.63, 3.8) is 0 Å². The Hall–Kier alpha value is -1.32. The first-order valence-electron chi connectivity index (χ1n) is 9.50. The summed E-state index contributed by atoms with van der Waals surface area (Å²) in [6.07, 6.45) is 7.52. The van der Waals surface area contributed by atoms with Crippen molar-refractivity contribution in [1.29, 1.82) is 0 Å². The number of ether oxygens (including phenoxy) is 1. The molecule has 24 heavy (non-hydrogen) atoms. The number of nitrogens with zero attached hydrogens (tertiary/aromatic N) is 1. The molecule has 2 bridgehead atoms. The molecule has 3 heteroatoms. The van der Waals surface area contributed by atoms with Crippen LogP contribution in [0, 0.1) is 11.8 Å². The molecule has 1 aromatic heterocycles. The SMILES string of the molecule is CC1(C)CN(Cc2ccc3[nH]ccc3c2)CC2(CC3CCC2C3)O1. The average Bonchev–Trinajstić information content (AvgIpc) is 3.19. The smallest absolute Gasteiger partial charge is 0.0847 e. The van der Waals surface area contributed by atoms with E-state index >= 15 is 0 Å². The third-order valence-electron chi connectivity index (χ3n) is 6.52. The Morgan fingerprint density at radius 1 is 1.21 bits per heavy atom. The van der Waals surface area contributed by atoms with E-state index in [1.54, 1.807) is 0 Å². The maximum Gasteiger partial charge on any atom is 0.0847 e. The summed E-state index contributed by atoms with van der Waals surface area (Å²) in [5.41, 5.74) is 2.73. The maximum atomic E-state index is 6.74. The van der Waals surface area contributed by atoms with E-state index in [0.29, 0.717) is 0 Å². The molecule has 2 saturated carbocycles. The van der Waals surface area contributed by atoms with Crippen LogP contribution in [-0.4, -0.2) is 34.2 Å². The van der Waals surface area contributed by atoms with Crippen molar-refractivity contribution < 1.29 is 4.74 Å². The number of aromatic amines is 1. The lowest BCUT2D eigenvalue weighted by molar-refractivity contribution is -0.218. The Morgan fingerprint density at radius 2 is 2.12 bits per heavy atom. The molecule has 1 spiro atoms. The van der Waals surface area contributed by atoms with Crippen LogP contribution in [0.1, 0.15) is 45.1 Å². The minimum atomic E-state index is -0.0408. The van der Waals surface area contributed by atoms with Crippen molar-refractivity contribution in [3.05, 3.63) is 36.0 Å². The van der Waals surface area contributed by atoms with E-state index in [0.717, 1.165) is 31.5 Å². The molecular formula is C21H28N2O. The molecular weight excluding hydrogens is 296 g/mol. The fraction of sp³-hybridized carbons (Fsp3) is 0.619. The van der Waals surface area contributed by atoms with E-state index < -0.39 is 0 Å². The van der Waals surface area contributed by atoms with Crippen molar-refractivity contribution in [2.24, 2.45) is 11.8 Å². The largest absolute Gasteiger partial charge is 0.366 e. The van der Waals surface area contributed by atoms with Gasteiger partial charge >= 0.3 is 0 Å². The number of morpholine rings is 1. The summed E-state index contributed by atoms with van der Waals surface area (Å²) in [6.45, 7) is 7.73. The molecule has 3 nitrogen and oxygen atoms in total. The Bertz CT molecular complexity index is 764. The summed E-state index contributed by atoms with van der Waals surface area (Å²) >= 11 is 0. The third-order valence-corrected chi connectivity index (χ3v) is 6.52. The van der Waals surface area contributed by atoms with Gasteiger partial charge in [0.2, 0.25) is 0 Å². The highest BCUT2D eigenvalue weighted by Gasteiger charge is 2.56. The Kier molecular flexibility index (Phi) is 3.18. The second-order valence-corrected chi connectivity index (χ2v) is 9.05. The first kappa shape index (κ1) is 15.0. The molecule has 3 unspecified atom stereocenters. The summed E-state index contributed by atoms with van der Waals surface area (Å²) < 4.78 is 6.74. The predicted molar refractivity (Wildman–Crippen MR) is 96.9 cm³/mol. The molecule has 1 N–H and O–H groups in total. The lowest BCUT2D eigenvalue weighted by Crippen LogP contribution is -2.61. The molecule has 2 heterocycles. The molecule has 1 saturated heterocycles. The van der Waals surface area contributed by atoms with E-state index in [2.05, 4.69) is 48.0 Å². The average molecular weight is 324 g/mol. The minimum absolute atomic E-state index is 0.0408. The number of rotatable bonds is 2. The van der Waals surface area contributed by atoms with Crippen LogP contribution >= 0.6 is 0 Å². The fourth-order valence-electron chi connectivity index (χ4n) is 5.87. The molecule has 2 aromatic rings. The summed E-state index contributed by atoms with van der Waals surface area (Å²) in [4.78, 5) is 5.94. The zero-order valence-corrected chi connectivity index (χ0v) is 14.8. The number of fused-ring (bicyclic) bond motifs is 4. The summed E-state index contributed by atoms with van der Waals surface area (Å²) in [5.74, 6) is 1.71. The zero-order chi connectivity index (χ0) is 16.4. The van der Waals surface area contributed by atoms with Crippen LogP contribution in [0.5, 0.6) is 0 Å². The van der Waals surface area contributed by atoms with Crippen LogP contribution < -0.4 is 0 Å². The summed E-state index contributed by atoms with van der Waals surface area (Å²) in [5, 5.41) is 1.31. The van der Waals surface area contributed by atoms with Crippen LogP contribution in [0.15, 0.2) is 30.5 Å². The van der Waals surface area contributed by atoms with Crippen LogP contribution in [0.2, 0.25) is 0 Å². The Morgan fingerprint density at radius 3 is 2.92 bits per heavy atom. The van der Waals surface area contributed by atoms with Gasteiger partial charge in [0.15, 0.2) is 0 Å². The van der Waals surface area contributed by atoms with Gasteiger partial charge < -0.3 is 9.72 Å². The lowest BCUT2D eigenvalue weighted by atomic mass is 9.81. The molecule has 0 amide bonds. The number of H-pyrrole nitrogens is 1. The standard InChI is InChI=1S/C21H28N2O/c1-20(2)13-23(12-16-4-6-19-17(9-16)7-8-22-19)14-21(24-20)11-15-3-5-18(21)10-15/h4,6-9,15,18,22H,3,5,10-14H2,1-2H3. The van der Waals surface area contributed by atoms with Gasteiger partial charge in [-0.1, -0.05) is 6.07 Å². The lowest BCUT2D eigenvalue weighted by Gasteiger charge is -2.52. The van der Waals surface area contributed by atoms with E-state index in [1.807, 2.05) is 6.20 Å². The molecule has 3 atom stereocenters. The van der Waals surface area contributed by atoms with Gasteiger partial charge in [0.1, 0.15) is 0 Å². The van der Waals surface area contributed by atoms with Gasteiger partial charge in [0.05, 0.1) is 11.2 Å². The van der Waals surface area contributed by atoms with E-state index in [-0.39, 0.29) is 11.2 Å². The molecule has 3 fully saturated rings. The summed E-state index contributed by atoms with van der Waals surface area (Å²) in [7, 11) is 0. The molecule has 1 aliphatic heterocycles. The molecule has 2 aliphatic carbocycles. The van der Waals surface area contributed by atoms with Gasteiger partial charge in [-0.15, -0.1) is 0 Å². The van der Waals surface area contributed by atoms with Gasteiger partial charge in [-0.05, 0) is 80.5 Å². The van der Waals surface area contributed by atoms with Gasteiger partial charge in [-0.3, -0.25) is 4.90 Å². The first-order valence-corrected chi connectivity index (χ1v) is 9.50. The van der Waals surface area contributed by atoms with Crippen molar-refractivity contribution >= 4 is 10.9 Å². The molecule has 1 aromatic carbocycles. The first-order chi connectivity index (χ1) is 11.5. The topological polar surface area (TPSA) is 28.3 Å². The third kappa shape index (κ3) is 2.41. The second-order valence-electron chi connectivity index (χ2n) is 9.05. The van der Waals surface area contributed by atoms with Crippen LogP contribution in [0.3, 0.4) is 0 Å². The predicted octanol–water partition coefficient (Wildman–Crippen LogP) is 4.34. The highest BCUT2D eigenvalue weighted by Crippen LogP contribution is 2.55. The highest BCUT2D eigenvalue weighted by atomic mass is 16.5. The molecule has 0 radical (unpaired) electrons.